The van der Waals surface area contributed by atoms with E-state index >= 15 is 0 Å². The van der Waals surface area contributed by atoms with E-state index in [4.69, 9.17) is 9.41 Å². The molecule has 0 bridgehead atoms. The van der Waals surface area contributed by atoms with Crippen molar-refractivity contribution < 1.29 is 4.42 Å². The second-order valence-corrected chi connectivity index (χ2v) is 15.2. The Bertz CT molecular complexity index is 3090. The van der Waals surface area contributed by atoms with E-state index in [0.29, 0.717) is 0 Å². The van der Waals surface area contributed by atoms with E-state index in [1.54, 1.807) is 0 Å². The number of fused-ring (bicyclic) bond motifs is 7. The van der Waals surface area contributed by atoms with Gasteiger partial charge in [-0.15, -0.1) is 0 Å². The van der Waals surface area contributed by atoms with Crippen LogP contribution in [0.15, 0.2) is 192 Å². The molecule has 270 valence electrons. The minimum Gasteiger partial charge on any atom is -0.456 e. The van der Waals surface area contributed by atoms with Crippen LogP contribution in [0.3, 0.4) is 0 Å². The first kappa shape index (κ1) is 32.1. The average molecular weight is 733 g/mol. The zero-order chi connectivity index (χ0) is 37.5. The van der Waals surface area contributed by atoms with Crippen LogP contribution in [-0.4, -0.2) is 5.84 Å². The Balaban J connectivity index is 0.989. The minimum absolute atomic E-state index is 0.203. The summed E-state index contributed by atoms with van der Waals surface area (Å²) in [5, 5.41) is 17.5. The quantitative estimate of drug-likeness (QED) is 0.165. The lowest BCUT2D eigenvalue weighted by molar-refractivity contribution is 0.399. The number of aliphatic imine (C=N–C) groups is 1. The SMILES string of the molecule is C1=C(c2ccc3c4c(cccc24)-c2ccccc2-3)c2oc3ccccc3c2C(C2=NC(c3ccc4ccccc4c3)NC(c3ccc(-c4ccccc4)cc3)N2)N1. The van der Waals surface area contributed by atoms with Gasteiger partial charge < -0.3 is 15.1 Å². The lowest BCUT2D eigenvalue weighted by Crippen LogP contribution is -2.49. The summed E-state index contributed by atoms with van der Waals surface area (Å²) < 4.78 is 6.89. The number of amidine groups is 1. The molecule has 3 atom stereocenters. The summed E-state index contributed by atoms with van der Waals surface area (Å²) in [5.41, 5.74) is 13.9. The van der Waals surface area contributed by atoms with E-state index in [1.807, 2.05) is 6.07 Å². The Morgan fingerprint density at radius 3 is 2.04 bits per heavy atom. The monoisotopic (exact) mass is 732 g/mol. The summed E-state index contributed by atoms with van der Waals surface area (Å²) in [6.07, 6.45) is 1.64. The van der Waals surface area contributed by atoms with Crippen molar-refractivity contribution in [2.24, 2.45) is 4.99 Å². The fraction of sp³-hybridized carbons (Fsp3) is 0.0577. The molecule has 5 heteroatoms. The third-order valence-corrected chi connectivity index (χ3v) is 12.0. The largest absolute Gasteiger partial charge is 0.456 e. The van der Waals surface area contributed by atoms with Crippen molar-refractivity contribution >= 4 is 43.9 Å². The molecule has 3 N–H and O–H groups in total. The Hall–Kier alpha value is -7.21. The zero-order valence-electron chi connectivity index (χ0n) is 30.9. The first-order valence-corrected chi connectivity index (χ1v) is 19.6. The fourth-order valence-electron chi connectivity index (χ4n) is 9.27. The molecule has 3 unspecified atom stereocenters. The molecule has 9 aromatic rings. The average Bonchev–Trinajstić information content (AvgIpc) is 3.84. The van der Waals surface area contributed by atoms with E-state index in [9.17, 15) is 0 Å². The van der Waals surface area contributed by atoms with Crippen molar-refractivity contribution in [3.05, 3.63) is 210 Å². The summed E-state index contributed by atoms with van der Waals surface area (Å²) in [7, 11) is 0. The van der Waals surface area contributed by atoms with Gasteiger partial charge in [0.15, 0.2) is 0 Å². The zero-order valence-corrected chi connectivity index (χ0v) is 30.9. The molecule has 0 spiro atoms. The van der Waals surface area contributed by atoms with Crippen molar-refractivity contribution in [3.8, 4) is 33.4 Å². The van der Waals surface area contributed by atoms with Crippen LogP contribution in [0.1, 0.15) is 46.4 Å². The number of nitrogens with zero attached hydrogens (tertiary/aromatic N) is 1. The topological polar surface area (TPSA) is 61.6 Å². The second kappa shape index (κ2) is 12.7. The maximum Gasteiger partial charge on any atom is 0.143 e. The molecule has 1 aromatic heterocycles. The smallest absolute Gasteiger partial charge is 0.143 e. The molecular weight excluding hydrogens is 697 g/mol. The maximum atomic E-state index is 6.89. The first-order valence-electron chi connectivity index (χ1n) is 19.6. The fourth-order valence-corrected chi connectivity index (χ4v) is 9.27. The van der Waals surface area contributed by atoms with Gasteiger partial charge in [-0.3, -0.25) is 5.32 Å². The summed E-state index contributed by atoms with van der Waals surface area (Å²) in [5.74, 6) is 1.72. The van der Waals surface area contributed by atoms with Crippen LogP contribution >= 0.6 is 0 Å². The lowest BCUT2D eigenvalue weighted by atomic mass is 9.88. The number of benzene rings is 8. The molecule has 57 heavy (non-hydrogen) atoms. The van der Waals surface area contributed by atoms with E-state index < -0.39 is 0 Å². The van der Waals surface area contributed by atoms with Crippen molar-refractivity contribution in [2.45, 2.75) is 18.4 Å². The van der Waals surface area contributed by atoms with Crippen LogP contribution in [0.4, 0.5) is 0 Å². The van der Waals surface area contributed by atoms with Gasteiger partial charge in [-0.1, -0.05) is 164 Å². The first-order chi connectivity index (χ1) is 28.2. The highest BCUT2D eigenvalue weighted by molar-refractivity contribution is 6.18. The number of rotatable bonds is 5. The molecule has 12 rings (SSSR count). The number of nitrogens with one attached hydrogen (secondary N) is 3. The summed E-state index contributed by atoms with van der Waals surface area (Å²) >= 11 is 0. The van der Waals surface area contributed by atoms with Crippen LogP contribution in [0.5, 0.6) is 0 Å². The predicted molar refractivity (Wildman–Crippen MR) is 233 cm³/mol. The van der Waals surface area contributed by atoms with Gasteiger partial charge in [0.2, 0.25) is 0 Å². The van der Waals surface area contributed by atoms with Gasteiger partial charge in [-0.2, -0.15) is 0 Å². The van der Waals surface area contributed by atoms with E-state index in [2.05, 4.69) is 192 Å². The van der Waals surface area contributed by atoms with Crippen LogP contribution in [0, 0.1) is 0 Å². The number of para-hydroxylation sites is 1. The van der Waals surface area contributed by atoms with Gasteiger partial charge in [-0.05, 0) is 83.7 Å². The molecule has 0 saturated heterocycles. The molecular formula is C52H36N4O. The summed E-state index contributed by atoms with van der Waals surface area (Å²) in [6, 6.07) is 62.5. The molecule has 3 heterocycles. The van der Waals surface area contributed by atoms with Gasteiger partial charge >= 0.3 is 0 Å². The Kier molecular flexibility index (Phi) is 7.13. The third-order valence-electron chi connectivity index (χ3n) is 12.0. The highest BCUT2D eigenvalue weighted by Gasteiger charge is 2.36. The standard InChI is InChI=1S/C52H36N4O/c1-2-11-31(12-3-1)33-21-24-34(25-22-33)50-54-51(36-26-23-32-13-4-5-14-35(32)29-36)56-52(55-50)48-47-43-17-8-9-20-45(43)57-49(47)44(30-53-48)39-27-28-42-38-16-7-6-15-37(38)40-18-10-19-41(39)46(40)42/h1-30,48,50-51,53-54H,(H,55,56). The number of hydrogen-bond donors (Lipinski definition) is 3. The van der Waals surface area contributed by atoms with Crippen molar-refractivity contribution in [1.82, 2.24) is 16.0 Å². The van der Waals surface area contributed by atoms with Gasteiger partial charge in [-0.25, -0.2) is 4.99 Å². The summed E-state index contributed by atoms with van der Waals surface area (Å²) in [4.78, 5) is 5.47. The van der Waals surface area contributed by atoms with Crippen LogP contribution in [0.2, 0.25) is 0 Å². The highest BCUT2D eigenvalue weighted by atomic mass is 16.3. The van der Waals surface area contributed by atoms with Crippen molar-refractivity contribution in [2.75, 3.05) is 0 Å². The lowest BCUT2D eigenvalue weighted by Gasteiger charge is -2.36. The van der Waals surface area contributed by atoms with Crippen molar-refractivity contribution in [3.63, 3.8) is 0 Å². The molecule has 3 aliphatic rings. The Labute approximate surface area is 330 Å². The Morgan fingerprint density at radius 2 is 1.18 bits per heavy atom. The molecule has 2 aliphatic heterocycles. The molecule has 0 fully saturated rings. The van der Waals surface area contributed by atoms with Crippen LogP contribution < -0.4 is 16.0 Å². The number of hydrogen-bond acceptors (Lipinski definition) is 5. The van der Waals surface area contributed by atoms with Gasteiger partial charge in [0.25, 0.3) is 0 Å². The number of furan rings is 1. The molecule has 1 aliphatic carbocycles. The van der Waals surface area contributed by atoms with Gasteiger partial charge in [0.1, 0.15) is 35.6 Å². The van der Waals surface area contributed by atoms with E-state index in [0.717, 1.165) is 50.4 Å². The van der Waals surface area contributed by atoms with E-state index in [1.165, 1.54) is 54.9 Å². The normalized spacial score (nSPS) is 18.1. The Morgan fingerprint density at radius 1 is 0.509 bits per heavy atom. The second-order valence-electron chi connectivity index (χ2n) is 15.2. The molecule has 0 amide bonds. The molecule has 0 radical (unpaired) electrons. The predicted octanol–water partition coefficient (Wildman–Crippen LogP) is 12.1. The van der Waals surface area contributed by atoms with Gasteiger partial charge in [0.05, 0.1) is 0 Å². The minimum atomic E-state index is -0.295. The van der Waals surface area contributed by atoms with Gasteiger partial charge in [0, 0.05) is 22.7 Å². The van der Waals surface area contributed by atoms with Crippen molar-refractivity contribution in [1.29, 1.82) is 0 Å². The van der Waals surface area contributed by atoms with Crippen LogP contribution in [0.25, 0.3) is 71.5 Å². The highest BCUT2D eigenvalue weighted by Crippen LogP contribution is 2.50. The molecule has 8 aromatic carbocycles. The summed E-state index contributed by atoms with van der Waals surface area (Å²) in [6.45, 7) is 0. The van der Waals surface area contributed by atoms with E-state index in [-0.39, 0.29) is 18.4 Å². The molecule has 5 nitrogen and oxygen atoms in total. The van der Waals surface area contributed by atoms with Crippen LogP contribution in [-0.2, 0) is 0 Å². The maximum absolute atomic E-state index is 6.89. The molecule has 0 saturated carbocycles. The third kappa shape index (κ3) is 5.10.